The van der Waals surface area contributed by atoms with Gasteiger partial charge in [-0.05, 0) is 45.1 Å². The zero-order valence-electron chi connectivity index (χ0n) is 17.6. The van der Waals surface area contributed by atoms with Gasteiger partial charge in [-0.2, -0.15) is 0 Å². The van der Waals surface area contributed by atoms with Crippen molar-refractivity contribution in [1.29, 1.82) is 0 Å². The lowest BCUT2D eigenvalue weighted by Gasteiger charge is -2.36. The molecule has 158 valence electrons. The third-order valence-electron chi connectivity index (χ3n) is 6.67. The number of hydrogen-bond donors (Lipinski definition) is 1. The molecule has 1 atom stereocenters. The van der Waals surface area contributed by atoms with Gasteiger partial charge in [-0.1, -0.05) is 30.3 Å². The van der Waals surface area contributed by atoms with Crippen molar-refractivity contribution in [1.82, 2.24) is 20.2 Å². The lowest BCUT2D eigenvalue weighted by Crippen LogP contribution is -2.46. The minimum absolute atomic E-state index is 0.0732. The molecule has 3 aliphatic rings. The Hall–Kier alpha value is -2.47. The van der Waals surface area contributed by atoms with Crippen LogP contribution in [-0.2, 0) is 17.6 Å². The van der Waals surface area contributed by atoms with E-state index in [0.29, 0.717) is 5.91 Å². The third-order valence-corrected chi connectivity index (χ3v) is 6.67. The first-order chi connectivity index (χ1) is 14.8. The number of aryl methyl sites for hydroxylation is 1. The largest absolute Gasteiger partial charge is 0.355 e. The fourth-order valence-electron chi connectivity index (χ4n) is 5.09. The topological polar surface area (TPSA) is 61.4 Å². The van der Waals surface area contributed by atoms with Gasteiger partial charge in [-0.25, -0.2) is 9.97 Å². The second kappa shape index (κ2) is 8.72. The SMILES string of the molecule is O=C([C@H]1CCCN(c2nc(-c3ccccc3)nc3c2CCC3)C1)N1CCCNCC1. The predicted molar refractivity (Wildman–Crippen MR) is 118 cm³/mol. The molecule has 5 rings (SSSR count). The first-order valence-electron chi connectivity index (χ1n) is 11.5. The Morgan fingerprint density at radius 1 is 0.967 bits per heavy atom. The van der Waals surface area contributed by atoms with Crippen LogP contribution in [0.15, 0.2) is 30.3 Å². The summed E-state index contributed by atoms with van der Waals surface area (Å²) in [6, 6.07) is 10.3. The molecule has 0 saturated carbocycles. The summed E-state index contributed by atoms with van der Waals surface area (Å²) in [5, 5.41) is 3.40. The molecule has 2 aromatic rings. The molecule has 30 heavy (non-hydrogen) atoms. The highest BCUT2D eigenvalue weighted by molar-refractivity contribution is 5.80. The zero-order valence-corrected chi connectivity index (χ0v) is 17.6. The quantitative estimate of drug-likeness (QED) is 0.851. The minimum Gasteiger partial charge on any atom is -0.355 e. The van der Waals surface area contributed by atoms with Gasteiger partial charge in [0.2, 0.25) is 5.91 Å². The van der Waals surface area contributed by atoms with E-state index in [-0.39, 0.29) is 5.92 Å². The van der Waals surface area contributed by atoms with Gasteiger partial charge >= 0.3 is 0 Å². The maximum atomic E-state index is 13.2. The molecule has 1 aromatic heterocycles. The molecule has 0 bridgehead atoms. The molecule has 0 unspecified atom stereocenters. The maximum Gasteiger partial charge on any atom is 0.227 e. The number of piperidine rings is 1. The van der Waals surface area contributed by atoms with Crippen molar-refractivity contribution in [2.75, 3.05) is 44.2 Å². The Kier molecular flexibility index (Phi) is 5.67. The lowest BCUT2D eigenvalue weighted by molar-refractivity contribution is -0.135. The van der Waals surface area contributed by atoms with Crippen LogP contribution in [0.25, 0.3) is 11.4 Å². The predicted octanol–water partition coefficient (Wildman–Crippen LogP) is 2.67. The molecule has 1 aliphatic carbocycles. The summed E-state index contributed by atoms with van der Waals surface area (Å²) in [6.45, 7) is 5.38. The highest BCUT2D eigenvalue weighted by atomic mass is 16.2. The number of hydrogen-bond acceptors (Lipinski definition) is 5. The highest BCUT2D eigenvalue weighted by Crippen LogP contribution is 2.33. The van der Waals surface area contributed by atoms with Crippen LogP contribution in [-0.4, -0.2) is 60.0 Å². The Morgan fingerprint density at radius 3 is 2.77 bits per heavy atom. The van der Waals surface area contributed by atoms with Gasteiger partial charge in [0.1, 0.15) is 5.82 Å². The highest BCUT2D eigenvalue weighted by Gasteiger charge is 2.32. The fourth-order valence-corrected chi connectivity index (χ4v) is 5.09. The van der Waals surface area contributed by atoms with Crippen LogP contribution in [0.3, 0.4) is 0 Å². The van der Waals surface area contributed by atoms with Crippen LogP contribution < -0.4 is 10.2 Å². The van der Waals surface area contributed by atoms with E-state index < -0.39 is 0 Å². The smallest absolute Gasteiger partial charge is 0.227 e. The van der Waals surface area contributed by atoms with Gasteiger partial charge in [-0.15, -0.1) is 0 Å². The van der Waals surface area contributed by atoms with Gasteiger partial charge in [0.15, 0.2) is 5.82 Å². The number of fused-ring (bicyclic) bond motifs is 1. The van der Waals surface area contributed by atoms with Gasteiger partial charge in [-0.3, -0.25) is 4.79 Å². The monoisotopic (exact) mass is 405 g/mol. The average Bonchev–Trinajstić information content (AvgIpc) is 3.11. The minimum atomic E-state index is 0.0732. The second-order valence-corrected chi connectivity index (χ2v) is 8.73. The molecular formula is C24H31N5O. The van der Waals surface area contributed by atoms with Crippen LogP contribution in [0.1, 0.15) is 36.9 Å². The fraction of sp³-hybridized carbons (Fsp3) is 0.542. The summed E-state index contributed by atoms with van der Waals surface area (Å²) in [7, 11) is 0. The molecule has 6 nitrogen and oxygen atoms in total. The number of nitrogens with zero attached hydrogens (tertiary/aromatic N) is 4. The van der Waals surface area contributed by atoms with Crippen LogP contribution in [0, 0.1) is 5.92 Å². The van der Waals surface area contributed by atoms with Gasteiger partial charge in [0.25, 0.3) is 0 Å². The summed E-state index contributed by atoms with van der Waals surface area (Å²) < 4.78 is 0. The molecular weight excluding hydrogens is 374 g/mol. The first-order valence-corrected chi connectivity index (χ1v) is 11.5. The summed E-state index contributed by atoms with van der Waals surface area (Å²) in [6.07, 6.45) is 6.29. The molecule has 6 heteroatoms. The van der Waals surface area contributed by atoms with E-state index in [9.17, 15) is 4.79 Å². The summed E-state index contributed by atoms with van der Waals surface area (Å²) in [5.74, 6) is 2.30. The molecule has 1 aromatic carbocycles. The number of benzene rings is 1. The molecule has 2 fully saturated rings. The normalized spacial score (nSPS) is 21.9. The number of nitrogens with one attached hydrogen (secondary N) is 1. The van der Waals surface area contributed by atoms with Gasteiger partial charge in [0, 0.05) is 49.5 Å². The van der Waals surface area contributed by atoms with Crippen molar-refractivity contribution in [3.63, 3.8) is 0 Å². The number of carbonyl (C=O) groups excluding carboxylic acids is 1. The van der Waals surface area contributed by atoms with Gasteiger partial charge < -0.3 is 15.1 Å². The molecule has 1 amide bonds. The van der Waals surface area contributed by atoms with Crippen molar-refractivity contribution < 1.29 is 4.79 Å². The van der Waals surface area contributed by atoms with E-state index in [4.69, 9.17) is 9.97 Å². The molecule has 0 spiro atoms. The van der Waals surface area contributed by atoms with E-state index in [1.54, 1.807) is 0 Å². The number of amides is 1. The van der Waals surface area contributed by atoms with Crippen molar-refractivity contribution in [3.8, 4) is 11.4 Å². The van der Waals surface area contributed by atoms with Crippen LogP contribution in [0.4, 0.5) is 5.82 Å². The molecule has 2 aliphatic heterocycles. The van der Waals surface area contributed by atoms with E-state index in [1.165, 1.54) is 11.3 Å². The van der Waals surface area contributed by atoms with Crippen molar-refractivity contribution in [3.05, 3.63) is 41.6 Å². The van der Waals surface area contributed by atoms with Gasteiger partial charge in [0.05, 0.1) is 5.92 Å². The van der Waals surface area contributed by atoms with Crippen molar-refractivity contribution in [2.24, 2.45) is 5.92 Å². The summed E-state index contributed by atoms with van der Waals surface area (Å²) in [4.78, 5) is 27.6. The first kappa shape index (κ1) is 19.5. The van der Waals surface area contributed by atoms with Crippen LogP contribution >= 0.6 is 0 Å². The standard InChI is InChI=1S/C24H31N5O/c30-24(28-15-6-12-25-13-16-28)19-9-5-14-29(17-19)23-20-10-4-11-21(20)26-22(27-23)18-7-2-1-3-8-18/h1-3,7-8,19,25H,4-6,9-17H2/t19-/m0/s1. The lowest BCUT2D eigenvalue weighted by atomic mass is 9.96. The second-order valence-electron chi connectivity index (χ2n) is 8.73. The zero-order chi connectivity index (χ0) is 20.3. The van der Waals surface area contributed by atoms with Crippen LogP contribution in [0.2, 0.25) is 0 Å². The van der Waals surface area contributed by atoms with Crippen molar-refractivity contribution in [2.45, 2.75) is 38.5 Å². The van der Waals surface area contributed by atoms with E-state index in [0.717, 1.165) is 95.0 Å². The molecule has 3 heterocycles. The number of rotatable bonds is 3. The van der Waals surface area contributed by atoms with Crippen molar-refractivity contribution >= 4 is 11.7 Å². The third kappa shape index (κ3) is 3.93. The Labute approximate surface area is 178 Å². The van der Waals surface area contributed by atoms with E-state index >= 15 is 0 Å². The average molecular weight is 406 g/mol. The molecule has 2 saturated heterocycles. The Bertz CT molecular complexity index is 892. The van der Waals surface area contributed by atoms with Crippen LogP contribution in [0.5, 0.6) is 0 Å². The summed E-state index contributed by atoms with van der Waals surface area (Å²) >= 11 is 0. The number of carbonyl (C=O) groups is 1. The molecule has 0 radical (unpaired) electrons. The maximum absolute atomic E-state index is 13.2. The van der Waals surface area contributed by atoms with E-state index in [2.05, 4.69) is 27.2 Å². The van der Waals surface area contributed by atoms with E-state index in [1.807, 2.05) is 18.2 Å². The molecule has 1 N–H and O–H groups in total. The summed E-state index contributed by atoms with van der Waals surface area (Å²) in [5.41, 5.74) is 3.57. The number of aromatic nitrogens is 2. The Morgan fingerprint density at radius 2 is 1.87 bits per heavy atom. The number of anilines is 1. The Balaban J connectivity index is 1.41.